The van der Waals surface area contributed by atoms with Gasteiger partial charge in [-0.15, -0.1) is 0 Å². The van der Waals surface area contributed by atoms with E-state index in [1.54, 1.807) is 0 Å². The summed E-state index contributed by atoms with van der Waals surface area (Å²) in [6.45, 7) is 8.67. The minimum Gasteiger partial charge on any atom is -0.377 e. The fourth-order valence-corrected chi connectivity index (χ4v) is 1.53. The van der Waals surface area contributed by atoms with Crippen LogP contribution < -0.4 is 5.32 Å². The Bertz CT molecular complexity index is 130. The first-order valence-electron chi connectivity index (χ1n) is 5.57. The summed E-state index contributed by atoms with van der Waals surface area (Å²) in [5, 5.41) is 3.45. The van der Waals surface area contributed by atoms with Crippen LogP contribution in [0.5, 0.6) is 0 Å². The number of nitrogens with one attached hydrogen (secondary N) is 1. The van der Waals surface area contributed by atoms with Crippen molar-refractivity contribution in [3.05, 3.63) is 0 Å². The van der Waals surface area contributed by atoms with E-state index in [0.29, 0.717) is 18.1 Å². The van der Waals surface area contributed by atoms with Gasteiger partial charge in [0.1, 0.15) is 0 Å². The lowest BCUT2D eigenvalue weighted by Crippen LogP contribution is -2.41. The van der Waals surface area contributed by atoms with Crippen molar-refractivity contribution < 1.29 is 4.74 Å². The van der Waals surface area contributed by atoms with Crippen molar-refractivity contribution >= 4 is 0 Å². The summed E-state index contributed by atoms with van der Waals surface area (Å²) < 4.78 is 5.82. The Morgan fingerprint density at radius 3 is 2.77 bits per heavy atom. The number of ether oxygens (including phenoxy) is 1. The molecule has 78 valence electrons. The van der Waals surface area contributed by atoms with Crippen LogP contribution in [0.3, 0.4) is 0 Å². The highest BCUT2D eigenvalue weighted by Crippen LogP contribution is 2.12. The first kappa shape index (κ1) is 11.0. The number of piperidine rings is 1. The average molecular weight is 185 g/mol. The third-order valence-electron chi connectivity index (χ3n) is 2.93. The van der Waals surface area contributed by atoms with Crippen molar-refractivity contribution in [3.63, 3.8) is 0 Å². The van der Waals surface area contributed by atoms with E-state index in [2.05, 4.69) is 26.1 Å². The largest absolute Gasteiger partial charge is 0.377 e. The van der Waals surface area contributed by atoms with E-state index >= 15 is 0 Å². The van der Waals surface area contributed by atoms with E-state index in [-0.39, 0.29) is 0 Å². The van der Waals surface area contributed by atoms with Crippen LogP contribution in [0.25, 0.3) is 0 Å². The van der Waals surface area contributed by atoms with E-state index in [9.17, 15) is 0 Å². The fourth-order valence-electron chi connectivity index (χ4n) is 1.53. The molecular weight excluding hydrogens is 162 g/mol. The Hall–Kier alpha value is -0.0800. The third kappa shape index (κ3) is 4.10. The number of hydrogen-bond acceptors (Lipinski definition) is 2. The highest BCUT2D eigenvalue weighted by atomic mass is 16.5. The fraction of sp³-hybridized carbons (Fsp3) is 1.00. The SMILES string of the molecule is CCC(C)COC1CCC(C)NC1. The summed E-state index contributed by atoms with van der Waals surface area (Å²) in [6, 6.07) is 0.684. The molecule has 0 aromatic heterocycles. The van der Waals surface area contributed by atoms with Gasteiger partial charge in [-0.25, -0.2) is 0 Å². The summed E-state index contributed by atoms with van der Waals surface area (Å²) in [7, 11) is 0. The predicted molar refractivity (Wildman–Crippen MR) is 55.9 cm³/mol. The molecule has 3 atom stereocenters. The van der Waals surface area contributed by atoms with Crippen LogP contribution in [-0.2, 0) is 4.74 Å². The van der Waals surface area contributed by atoms with Crippen molar-refractivity contribution in [2.24, 2.45) is 5.92 Å². The molecule has 0 bridgehead atoms. The molecule has 1 rings (SSSR count). The molecule has 0 aliphatic carbocycles. The molecule has 1 heterocycles. The smallest absolute Gasteiger partial charge is 0.0700 e. The molecule has 2 heteroatoms. The van der Waals surface area contributed by atoms with Gasteiger partial charge in [-0.1, -0.05) is 20.3 Å². The van der Waals surface area contributed by atoms with E-state index < -0.39 is 0 Å². The van der Waals surface area contributed by atoms with Crippen LogP contribution in [0.2, 0.25) is 0 Å². The van der Waals surface area contributed by atoms with Crippen LogP contribution in [0.4, 0.5) is 0 Å². The van der Waals surface area contributed by atoms with Crippen molar-refractivity contribution in [2.75, 3.05) is 13.2 Å². The zero-order chi connectivity index (χ0) is 9.68. The molecule has 3 unspecified atom stereocenters. The van der Waals surface area contributed by atoms with Crippen molar-refractivity contribution in [3.8, 4) is 0 Å². The van der Waals surface area contributed by atoms with Crippen molar-refractivity contribution in [1.82, 2.24) is 5.32 Å². The highest BCUT2D eigenvalue weighted by molar-refractivity contribution is 4.75. The molecule has 0 aromatic rings. The molecule has 1 N–H and O–H groups in total. The van der Waals surface area contributed by atoms with Crippen LogP contribution >= 0.6 is 0 Å². The Morgan fingerprint density at radius 1 is 1.46 bits per heavy atom. The lowest BCUT2D eigenvalue weighted by Gasteiger charge is -2.28. The van der Waals surface area contributed by atoms with Crippen molar-refractivity contribution in [2.45, 2.75) is 52.2 Å². The molecule has 1 aliphatic rings. The van der Waals surface area contributed by atoms with Gasteiger partial charge in [-0.05, 0) is 25.7 Å². The summed E-state index contributed by atoms with van der Waals surface area (Å²) in [5.41, 5.74) is 0. The van der Waals surface area contributed by atoms with E-state index in [4.69, 9.17) is 4.74 Å². The molecule has 1 fully saturated rings. The first-order chi connectivity index (χ1) is 6.22. The van der Waals surface area contributed by atoms with Gasteiger partial charge in [-0.3, -0.25) is 0 Å². The normalized spacial score (nSPS) is 31.6. The quantitative estimate of drug-likeness (QED) is 0.725. The summed E-state index contributed by atoms with van der Waals surface area (Å²) >= 11 is 0. The Balaban J connectivity index is 2.08. The Kier molecular flexibility index (Phi) is 4.74. The lowest BCUT2D eigenvalue weighted by atomic mass is 10.0. The number of hydrogen-bond donors (Lipinski definition) is 1. The second-order valence-corrected chi connectivity index (χ2v) is 4.36. The van der Waals surface area contributed by atoms with E-state index in [0.717, 1.165) is 13.2 Å². The average Bonchev–Trinajstić information content (AvgIpc) is 2.16. The highest BCUT2D eigenvalue weighted by Gasteiger charge is 2.17. The molecule has 1 aliphatic heterocycles. The van der Waals surface area contributed by atoms with E-state index in [1.165, 1.54) is 19.3 Å². The van der Waals surface area contributed by atoms with Gasteiger partial charge in [0.25, 0.3) is 0 Å². The van der Waals surface area contributed by atoms with Gasteiger partial charge < -0.3 is 10.1 Å². The van der Waals surface area contributed by atoms with Crippen LogP contribution in [0, 0.1) is 5.92 Å². The molecule has 0 saturated carbocycles. The van der Waals surface area contributed by atoms with Gasteiger partial charge in [0, 0.05) is 19.2 Å². The van der Waals surface area contributed by atoms with Gasteiger partial charge in [0.15, 0.2) is 0 Å². The van der Waals surface area contributed by atoms with Crippen LogP contribution in [0.1, 0.15) is 40.0 Å². The summed E-state index contributed by atoms with van der Waals surface area (Å²) in [6.07, 6.45) is 4.16. The summed E-state index contributed by atoms with van der Waals surface area (Å²) in [4.78, 5) is 0. The topological polar surface area (TPSA) is 21.3 Å². The molecule has 0 amide bonds. The number of rotatable bonds is 4. The first-order valence-corrected chi connectivity index (χ1v) is 5.57. The van der Waals surface area contributed by atoms with Crippen molar-refractivity contribution in [1.29, 1.82) is 0 Å². The minimum absolute atomic E-state index is 0.463. The molecule has 1 saturated heterocycles. The zero-order valence-corrected chi connectivity index (χ0v) is 9.18. The Morgan fingerprint density at radius 2 is 2.23 bits per heavy atom. The maximum atomic E-state index is 5.82. The Labute approximate surface area is 82.0 Å². The minimum atomic E-state index is 0.463. The lowest BCUT2D eigenvalue weighted by molar-refractivity contribution is 0.0127. The molecule has 0 spiro atoms. The molecule has 13 heavy (non-hydrogen) atoms. The molecule has 0 aromatic carbocycles. The molecular formula is C11H23NO. The maximum absolute atomic E-state index is 5.82. The second kappa shape index (κ2) is 5.61. The zero-order valence-electron chi connectivity index (χ0n) is 9.18. The van der Waals surface area contributed by atoms with E-state index in [1.807, 2.05) is 0 Å². The second-order valence-electron chi connectivity index (χ2n) is 4.36. The monoisotopic (exact) mass is 185 g/mol. The predicted octanol–water partition coefficient (Wildman–Crippen LogP) is 2.19. The van der Waals surface area contributed by atoms with Crippen LogP contribution in [-0.4, -0.2) is 25.3 Å². The van der Waals surface area contributed by atoms with Gasteiger partial charge in [-0.2, -0.15) is 0 Å². The van der Waals surface area contributed by atoms with Gasteiger partial charge >= 0.3 is 0 Å². The third-order valence-corrected chi connectivity index (χ3v) is 2.93. The maximum Gasteiger partial charge on any atom is 0.0700 e. The standard InChI is InChI=1S/C11H23NO/c1-4-9(2)8-13-11-6-5-10(3)12-7-11/h9-12H,4-8H2,1-3H3. The van der Waals surface area contributed by atoms with Gasteiger partial charge in [0.2, 0.25) is 0 Å². The van der Waals surface area contributed by atoms with Gasteiger partial charge in [0.05, 0.1) is 6.10 Å². The van der Waals surface area contributed by atoms with Crippen LogP contribution in [0.15, 0.2) is 0 Å². The summed E-state index contributed by atoms with van der Waals surface area (Å²) in [5.74, 6) is 0.708. The molecule has 0 radical (unpaired) electrons. The molecule has 2 nitrogen and oxygen atoms in total.